The van der Waals surface area contributed by atoms with Crippen LogP contribution in [0.5, 0.6) is 0 Å². The van der Waals surface area contributed by atoms with Crippen molar-refractivity contribution in [2.75, 3.05) is 6.61 Å². The largest absolute Gasteiger partial charge is 0.457 e. The van der Waals surface area contributed by atoms with E-state index in [1.165, 1.54) is 12.8 Å². The van der Waals surface area contributed by atoms with Crippen molar-refractivity contribution in [2.24, 2.45) is 5.84 Å². The van der Waals surface area contributed by atoms with Gasteiger partial charge in [0.2, 0.25) is 0 Å². The Kier molecular flexibility index (Phi) is 5.03. The van der Waals surface area contributed by atoms with E-state index < -0.39 is 0 Å². The van der Waals surface area contributed by atoms with Crippen LogP contribution in [0.3, 0.4) is 0 Å². The Bertz CT molecular complexity index is 337. The summed E-state index contributed by atoms with van der Waals surface area (Å²) in [4.78, 5) is 0. The summed E-state index contributed by atoms with van der Waals surface area (Å²) in [5.41, 5.74) is 3.92. The van der Waals surface area contributed by atoms with E-state index in [1.807, 2.05) is 6.07 Å². The summed E-state index contributed by atoms with van der Waals surface area (Å²) >= 11 is 3.38. The van der Waals surface area contributed by atoms with Gasteiger partial charge in [0.1, 0.15) is 0 Å². The molecular formula is C12H19BrN2O2. The Hall–Kier alpha value is -0.360. The lowest BCUT2D eigenvalue weighted by Gasteiger charge is -2.16. The second-order valence-electron chi connectivity index (χ2n) is 4.43. The molecule has 0 aliphatic carbocycles. The van der Waals surface area contributed by atoms with E-state index in [1.54, 1.807) is 6.26 Å². The van der Waals surface area contributed by atoms with Crippen LogP contribution in [-0.2, 0) is 4.74 Å². The quantitative estimate of drug-likeness (QED) is 0.626. The van der Waals surface area contributed by atoms with Gasteiger partial charge in [-0.05, 0) is 54.1 Å². The van der Waals surface area contributed by atoms with Crippen LogP contribution >= 0.6 is 15.9 Å². The summed E-state index contributed by atoms with van der Waals surface area (Å²) < 4.78 is 11.6. The average molecular weight is 303 g/mol. The van der Waals surface area contributed by atoms with Crippen LogP contribution in [-0.4, -0.2) is 12.7 Å². The normalized spacial score (nSPS) is 21.9. The molecule has 96 valence electrons. The van der Waals surface area contributed by atoms with E-state index >= 15 is 0 Å². The summed E-state index contributed by atoms with van der Waals surface area (Å²) in [6.45, 7) is 0.927. The maximum Gasteiger partial charge on any atom is 0.173 e. The monoisotopic (exact) mass is 302 g/mol. The molecule has 17 heavy (non-hydrogen) atoms. The minimum Gasteiger partial charge on any atom is -0.457 e. The predicted molar refractivity (Wildman–Crippen MR) is 69.3 cm³/mol. The molecule has 0 aromatic carbocycles. The zero-order chi connectivity index (χ0) is 12.1. The summed E-state index contributed by atoms with van der Waals surface area (Å²) in [5, 5.41) is 0. The van der Waals surface area contributed by atoms with E-state index in [-0.39, 0.29) is 6.04 Å². The molecular weight excluding hydrogens is 284 g/mol. The van der Waals surface area contributed by atoms with Crippen LogP contribution in [0.2, 0.25) is 0 Å². The second-order valence-corrected chi connectivity index (χ2v) is 5.16. The van der Waals surface area contributed by atoms with Gasteiger partial charge in [-0.1, -0.05) is 0 Å². The lowest BCUT2D eigenvalue weighted by Crippen LogP contribution is -2.28. The first kappa shape index (κ1) is 13.1. The third-order valence-corrected chi connectivity index (χ3v) is 3.91. The van der Waals surface area contributed by atoms with E-state index in [2.05, 4.69) is 21.4 Å². The average Bonchev–Trinajstić information content (AvgIpc) is 2.96. The van der Waals surface area contributed by atoms with Gasteiger partial charge in [-0.15, -0.1) is 0 Å². The molecule has 2 heterocycles. The van der Waals surface area contributed by atoms with Crippen molar-refractivity contribution in [2.45, 2.75) is 44.2 Å². The molecule has 0 radical (unpaired) electrons. The van der Waals surface area contributed by atoms with Crippen molar-refractivity contribution in [3.63, 3.8) is 0 Å². The summed E-state index contributed by atoms with van der Waals surface area (Å²) in [5.74, 6) is 5.58. The SMILES string of the molecule is NNC(CCCC1CCCO1)c1ccoc1Br. The molecule has 0 bridgehead atoms. The fourth-order valence-electron chi connectivity index (χ4n) is 2.30. The Morgan fingerprint density at radius 3 is 3.06 bits per heavy atom. The van der Waals surface area contributed by atoms with Crippen molar-refractivity contribution in [3.05, 3.63) is 22.6 Å². The highest BCUT2D eigenvalue weighted by Gasteiger charge is 2.18. The van der Waals surface area contributed by atoms with Gasteiger partial charge in [-0.3, -0.25) is 11.3 Å². The molecule has 2 rings (SSSR count). The molecule has 2 unspecified atom stereocenters. The van der Waals surface area contributed by atoms with Gasteiger partial charge in [0.05, 0.1) is 18.4 Å². The van der Waals surface area contributed by atoms with Crippen molar-refractivity contribution >= 4 is 15.9 Å². The van der Waals surface area contributed by atoms with Crippen LogP contribution in [0.25, 0.3) is 0 Å². The highest BCUT2D eigenvalue weighted by Crippen LogP contribution is 2.28. The van der Waals surface area contributed by atoms with Crippen molar-refractivity contribution in [3.8, 4) is 0 Å². The van der Waals surface area contributed by atoms with E-state index in [9.17, 15) is 0 Å². The number of hydrogen-bond acceptors (Lipinski definition) is 4. The third kappa shape index (κ3) is 3.55. The van der Waals surface area contributed by atoms with Crippen LogP contribution in [0.4, 0.5) is 0 Å². The molecule has 1 aromatic rings. The number of nitrogens with one attached hydrogen (secondary N) is 1. The fourth-order valence-corrected chi connectivity index (χ4v) is 2.82. The zero-order valence-corrected chi connectivity index (χ0v) is 11.4. The standard InChI is InChI=1S/C12H19BrN2O2/c13-12-10(6-8-17-12)11(15-14)5-1-3-9-4-2-7-16-9/h6,8-9,11,15H,1-5,7,14H2. The maximum atomic E-state index is 5.60. The topological polar surface area (TPSA) is 60.4 Å². The first-order valence-corrected chi connectivity index (χ1v) is 6.91. The summed E-state index contributed by atoms with van der Waals surface area (Å²) in [6, 6.07) is 2.09. The molecule has 0 amide bonds. The number of furan rings is 1. The summed E-state index contributed by atoms with van der Waals surface area (Å²) in [6.07, 6.45) is 7.76. The highest BCUT2D eigenvalue weighted by molar-refractivity contribution is 9.10. The third-order valence-electron chi connectivity index (χ3n) is 3.27. The lowest BCUT2D eigenvalue weighted by atomic mass is 10.0. The van der Waals surface area contributed by atoms with Gasteiger partial charge < -0.3 is 9.15 Å². The van der Waals surface area contributed by atoms with Crippen LogP contribution in [0.15, 0.2) is 21.4 Å². The number of halogens is 1. The van der Waals surface area contributed by atoms with Gasteiger partial charge in [0, 0.05) is 12.2 Å². The first-order chi connectivity index (χ1) is 8.31. The Balaban J connectivity index is 1.77. The molecule has 3 N–H and O–H groups in total. The van der Waals surface area contributed by atoms with Crippen LogP contribution in [0.1, 0.15) is 43.7 Å². The molecule has 2 atom stereocenters. The maximum absolute atomic E-state index is 5.60. The second kappa shape index (κ2) is 6.54. The van der Waals surface area contributed by atoms with E-state index in [4.69, 9.17) is 15.0 Å². The molecule has 1 fully saturated rings. The van der Waals surface area contributed by atoms with Crippen LogP contribution in [0, 0.1) is 0 Å². The van der Waals surface area contributed by atoms with Gasteiger partial charge >= 0.3 is 0 Å². The van der Waals surface area contributed by atoms with Crippen LogP contribution < -0.4 is 11.3 Å². The molecule has 4 nitrogen and oxygen atoms in total. The number of ether oxygens (including phenoxy) is 1. The van der Waals surface area contributed by atoms with Crippen molar-refractivity contribution in [1.82, 2.24) is 5.43 Å². The number of nitrogens with two attached hydrogens (primary N) is 1. The molecule has 0 saturated carbocycles. The molecule has 0 spiro atoms. The van der Waals surface area contributed by atoms with Gasteiger partial charge in [0.25, 0.3) is 0 Å². The molecule has 1 aliphatic heterocycles. The first-order valence-electron chi connectivity index (χ1n) is 6.12. The number of hydrazine groups is 1. The van der Waals surface area contributed by atoms with Gasteiger partial charge in [-0.2, -0.15) is 0 Å². The van der Waals surface area contributed by atoms with Crippen molar-refractivity contribution < 1.29 is 9.15 Å². The molecule has 1 saturated heterocycles. The Morgan fingerprint density at radius 2 is 2.47 bits per heavy atom. The predicted octanol–water partition coefficient (Wildman–Crippen LogP) is 2.90. The van der Waals surface area contributed by atoms with E-state index in [0.29, 0.717) is 6.10 Å². The van der Waals surface area contributed by atoms with Gasteiger partial charge in [-0.25, -0.2) is 0 Å². The Morgan fingerprint density at radius 1 is 1.59 bits per heavy atom. The number of rotatable bonds is 6. The van der Waals surface area contributed by atoms with Crippen molar-refractivity contribution in [1.29, 1.82) is 0 Å². The number of hydrogen-bond donors (Lipinski definition) is 2. The van der Waals surface area contributed by atoms with Gasteiger partial charge in [0.15, 0.2) is 4.67 Å². The minimum absolute atomic E-state index is 0.143. The molecule has 1 aliphatic rings. The summed E-state index contributed by atoms with van der Waals surface area (Å²) in [7, 11) is 0. The van der Waals surface area contributed by atoms with E-state index in [0.717, 1.165) is 36.1 Å². The minimum atomic E-state index is 0.143. The lowest BCUT2D eigenvalue weighted by molar-refractivity contribution is 0.101. The highest BCUT2D eigenvalue weighted by atomic mass is 79.9. The molecule has 1 aromatic heterocycles. The fraction of sp³-hybridized carbons (Fsp3) is 0.667. The Labute approximate surface area is 110 Å². The molecule has 5 heteroatoms. The zero-order valence-electron chi connectivity index (χ0n) is 9.82. The smallest absolute Gasteiger partial charge is 0.173 e.